The summed E-state index contributed by atoms with van der Waals surface area (Å²) in [6, 6.07) is 12.2. The van der Waals surface area contributed by atoms with Crippen molar-refractivity contribution in [3.8, 4) is 11.4 Å². The van der Waals surface area contributed by atoms with Crippen LogP contribution in [0.5, 0.6) is 0 Å². The van der Waals surface area contributed by atoms with Crippen LogP contribution in [0.3, 0.4) is 0 Å². The van der Waals surface area contributed by atoms with Crippen LogP contribution in [0.1, 0.15) is 12.8 Å². The maximum atomic E-state index is 16.7. The predicted octanol–water partition coefficient (Wildman–Crippen LogP) is 6.62. The molecule has 0 spiro atoms. The van der Waals surface area contributed by atoms with Crippen molar-refractivity contribution in [2.75, 3.05) is 0 Å². The predicted molar refractivity (Wildman–Crippen MR) is 134 cm³/mol. The fraction of sp³-hybridized carbons (Fsp3) is 0.0667. The van der Waals surface area contributed by atoms with Crippen molar-refractivity contribution >= 4 is 7.74 Å². The van der Waals surface area contributed by atoms with Crippen molar-refractivity contribution in [1.82, 2.24) is 9.13 Å². The summed E-state index contributed by atoms with van der Waals surface area (Å²) in [4.78, 5) is 0. The summed E-state index contributed by atoms with van der Waals surface area (Å²) in [6.07, 6.45) is 18.9. The van der Waals surface area contributed by atoms with Crippen molar-refractivity contribution in [2.45, 2.75) is 12.8 Å². The number of aromatic nitrogens is 2. The van der Waals surface area contributed by atoms with Crippen molar-refractivity contribution in [1.29, 1.82) is 0 Å². The van der Waals surface area contributed by atoms with Crippen LogP contribution in [0.2, 0.25) is 0 Å². The van der Waals surface area contributed by atoms with E-state index < -0.39 is 39.9 Å². The molecule has 0 fully saturated rings. The number of hydrogen-bond acceptors (Lipinski definition) is 0. The number of allylic oxidation sites excluding steroid dienone is 8. The molecule has 0 radical (unpaired) electrons. The van der Waals surface area contributed by atoms with E-state index >= 15 is 17.6 Å². The van der Waals surface area contributed by atoms with Crippen molar-refractivity contribution in [2.24, 2.45) is 0 Å². The Morgan fingerprint density at radius 3 is 1.32 bits per heavy atom. The molecule has 0 unspecified atom stereocenters. The monoisotopic (exact) mass is 534 g/mol. The molecule has 0 saturated heterocycles. The Morgan fingerprint density at radius 2 is 0.973 bits per heavy atom. The molecule has 2 aliphatic carbocycles. The zero-order valence-electron chi connectivity index (χ0n) is 19.7. The summed E-state index contributed by atoms with van der Waals surface area (Å²) >= 11 is -4.38. The van der Waals surface area contributed by atoms with Gasteiger partial charge in [0.2, 0.25) is 0 Å². The third kappa shape index (κ3) is 3.66. The zero-order chi connectivity index (χ0) is 25.6. The van der Waals surface area contributed by atoms with Gasteiger partial charge in [0.1, 0.15) is 0 Å². The van der Waals surface area contributed by atoms with Crippen LogP contribution in [0.15, 0.2) is 118 Å². The molecular formula is C30H22F4N2Ti. The first-order valence-corrected chi connectivity index (χ1v) is 15.1. The van der Waals surface area contributed by atoms with Crippen LogP contribution in [0, 0.1) is 23.3 Å². The second-order valence-corrected chi connectivity index (χ2v) is 15.1. The van der Waals surface area contributed by atoms with E-state index in [-0.39, 0.29) is 11.4 Å². The van der Waals surface area contributed by atoms with Gasteiger partial charge < -0.3 is 0 Å². The normalized spacial score (nSPS) is 14.9. The number of benzene rings is 2. The first-order valence-electron chi connectivity index (χ1n) is 12.0. The Hall–Kier alpha value is -3.61. The van der Waals surface area contributed by atoms with Gasteiger partial charge in [-0.3, -0.25) is 0 Å². The van der Waals surface area contributed by atoms with Gasteiger partial charge in [-0.1, -0.05) is 0 Å². The first kappa shape index (κ1) is 23.8. The molecule has 0 amide bonds. The van der Waals surface area contributed by atoms with Crippen LogP contribution in [0.25, 0.3) is 11.4 Å². The summed E-state index contributed by atoms with van der Waals surface area (Å²) in [5.41, 5.74) is -0.410. The van der Waals surface area contributed by atoms with E-state index in [0.717, 1.165) is 7.76 Å². The SMILES string of the molecule is Fc1cc[c]([Ti]([C]2=CC=CC2)([C]2=CC=CC2)[c]2ccc(F)c(-n3cccc3)c2F)c(F)c1-n1cccc1. The zero-order valence-corrected chi connectivity index (χ0v) is 21.3. The van der Waals surface area contributed by atoms with Crippen molar-refractivity contribution < 1.29 is 34.2 Å². The van der Waals surface area contributed by atoms with E-state index in [1.165, 1.54) is 33.4 Å². The number of rotatable bonds is 6. The number of halogens is 4. The average Bonchev–Trinajstić information content (AvgIpc) is 3.71. The van der Waals surface area contributed by atoms with E-state index in [0.29, 0.717) is 20.6 Å². The molecule has 0 bridgehead atoms. The first-order chi connectivity index (χ1) is 18.0. The standard InChI is InChI=1S/2C10H6F2N.2C5H5.Ti/c2*11-8-4-3-5-9(12)10(8)13-6-1-2-7-13;2*1-2-4-5-3-1;/h2*1-4,6-7H;2*1-3H,4H2;. The van der Waals surface area contributed by atoms with Gasteiger partial charge in [0, 0.05) is 0 Å². The van der Waals surface area contributed by atoms with E-state index in [9.17, 15) is 0 Å². The van der Waals surface area contributed by atoms with Gasteiger partial charge in [-0.15, -0.1) is 0 Å². The summed E-state index contributed by atoms with van der Waals surface area (Å²) in [7, 11) is 0. The van der Waals surface area contributed by atoms with Crippen LogP contribution in [-0.4, -0.2) is 9.13 Å². The van der Waals surface area contributed by atoms with Gasteiger partial charge in [-0.05, 0) is 0 Å². The molecule has 6 rings (SSSR count). The van der Waals surface area contributed by atoms with E-state index in [2.05, 4.69) is 0 Å². The number of nitrogens with zero attached hydrogens (tertiary/aromatic N) is 2. The topological polar surface area (TPSA) is 9.86 Å². The molecule has 2 heterocycles. The second-order valence-electron chi connectivity index (χ2n) is 9.09. The molecule has 4 aromatic rings. The Balaban J connectivity index is 1.73. The Bertz CT molecular complexity index is 1490. The van der Waals surface area contributed by atoms with Gasteiger partial charge in [0.05, 0.1) is 0 Å². The minimum absolute atomic E-state index is 0.205. The van der Waals surface area contributed by atoms with E-state index in [1.807, 2.05) is 36.5 Å². The van der Waals surface area contributed by atoms with Crippen molar-refractivity contribution in [3.63, 3.8) is 0 Å². The second kappa shape index (κ2) is 9.36. The van der Waals surface area contributed by atoms with Gasteiger partial charge >= 0.3 is 216 Å². The van der Waals surface area contributed by atoms with Gasteiger partial charge in [0.15, 0.2) is 0 Å². The molecule has 2 aliphatic rings. The fourth-order valence-corrected chi connectivity index (χ4v) is 13.7. The third-order valence-electron chi connectivity index (χ3n) is 7.17. The molecule has 0 N–H and O–H groups in total. The van der Waals surface area contributed by atoms with Crippen LogP contribution < -0.4 is 7.74 Å². The number of hydrogen-bond donors (Lipinski definition) is 0. The van der Waals surface area contributed by atoms with E-state index in [4.69, 9.17) is 0 Å². The average molecular weight is 534 g/mol. The van der Waals surface area contributed by atoms with Crippen LogP contribution in [0.4, 0.5) is 17.6 Å². The van der Waals surface area contributed by atoms with Crippen molar-refractivity contribution in [3.05, 3.63) is 141 Å². The van der Waals surface area contributed by atoms with Crippen LogP contribution >= 0.6 is 0 Å². The Kier molecular flexibility index (Phi) is 6.02. The molecule has 0 atom stereocenters. The molecule has 184 valence electrons. The molecule has 0 saturated carbocycles. The third-order valence-corrected chi connectivity index (χ3v) is 15.1. The Labute approximate surface area is 215 Å². The molecule has 0 aliphatic heterocycles. The summed E-state index contributed by atoms with van der Waals surface area (Å²) in [6.45, 7) is 0. The van der Waals surface area contributed by atoms with Gasteiger partial charge in [-0.2, -0.15) is 0 Å². The molecule has 2 nitrogen and oxygen atoms in total. The molecular weight excluding hydrogens is 512 g/mol. The molecule has 2 aromatic heterocycles. The molecule has 7 heteroatoms. The Morgan fingerprint density at radius 1 is 0.568 bits per heavy atom. The summed E-state index contributed by atoms with van der Waals surface area (Å²) in [5, 5.41) is 0. The minimum atomic E-state index is -4.38. The molecule has 37 heavy (non-hydrogen) atoms. The van der Waals surface area contributed by atoms with Crippen LogP contribution in [-0.2, 0) is 16.6 Å². The summed E-state index contributed by atoms with van der Waals surface area (Å²) < 4.78 is 68.7. The quantitative estimate of drug-likeness (QED) is 0.195. The molecule has 2 aromatic carbocycles. The van der Waals surface area contributed by atoms with Gasteiger partial charge in [0.25, 0.3) is 0 Å². The van der Waals surface area contributed by atoms with E-state index in [1.54, 1.807) is 49.1 Å². The van der Waals surface area contributed by atoms with Gasteiger partial charge in [-0.25, -0.2) is 0 Å². The maximum absolute atomic E-state index is 16.7. The fourth-order valence-electron chi connectivity index (χ4n) is 5.60. The summed E-state index contributed by atoms with van der Waals surface area (Å²) in [5.74, 6) is -2.86.